The van der Waals surface area contributed by atoms with Gasteiger partial charge in [0.25, 0.3) is 0 Å². The quantitative estimate of drug-likeness (QED) is 0.751. The normalized spacial score (nSPS) is 14.1. The highest BCUT2D eigenvalue weighted by Gasteiger charge is 2.23. The van der Waals surface area contributed by atoms with Crippen molar-refractivity contribution in [2.45, 2.75) is 25.9 Å². The van der Waals surface area contributed by atoms with Gasteiger partial charge < -0.3 is 9.47 Å². The molecule has 1 radical (unpaired) electrons. The van der Waals surface area contributed by atoms with Crippen LogP contribution in [-0.2, 0) is 6.42 Å². The molecule has 4 heteroatoms. The molecule has 2 nitrogen and oxygen atoms in total. The molecular formula is C18H17F2O2. The maximum absolute atomic E-state index is 12.7. The van der Waals surface area contributed by atoms with E-state index in [4.69, 9.17) is 9.47 Å². The number of hydrogen-bond donors (Lipinski definition) is 0. The van der Waals surface area contributed by atoms with E-state index in [0.29, 0.717) is 24.5 Å². The SMILES string of the molecule is FC(F)Oc1c(OCC2CC2)[c]ccc1Cc1ccccc1. The Kier molecular flexibility index (Phi) is 4.56. The Morgan fingerprint density at radius 1 is 1.14 bits per heavy atom. The first-order valence-corrected chi connectivity index (χ1v) is 7.37. The van der Waals surface area contributed by atoms with E-state index in [9.17, 15) is 8.78 Å². The molecule has 1 aliphatic carbocycles. The average Bonchev–Trinajstić information content (AvgIpc) is 3.32. The van der Waals surface area contributed by atoms with Crippen molar-refractivity contribution in [2.75, 3.05) is 6.61 Å². The second kappa shape index (κ2) is 6.77. The summed E-state index contributed by atoms with van der Waals surface area (Å²) < 4.78 is 35.8. The fourth-order valence-electron chi connectivity index (χ4n) is 2.27. The molecule has 2 aromatic rings. The average molecular weight is 303 g/mol. The van der Waals surface area contributed by atoms with Gasteiger partial charge in [0.1, 0.15) is 0 Å². The molecule has 0 atom stereocenters. The van der Waals surface area contributed by atoms with Gasteiger partial charge in [-0.1, -0.05) is 36.4 Å². The summed E-state index contributed by atoms with van der Waals surface area (Å²) in [5.74, 6) is 0.910. The van der Waals surface area contributed by atoms with E-state index in [-0.39, 0.29) is 11.5 Å². The molecule has 3 rings (SSSR count). The Morgan fingerprint density at radius 3 is 2.59 bits per heavy atom. The van der Waals surface area contributed by atoms with E-state index in [2.05, 4.69) is 6.07 Å². The van der Waals surface area contributed by atoms with Crippen molar-refractivity contribution in [3.63, 3.8) is 0 Å². The van der Waals surface area contributed by atoms with E-state index in [1.165, 1.54) is 0 Å². The third kappa shape index (κ3) is 3.97. The first-order valence-electron chi connectivity index (χ1n) is 7.37. The number of halogens is 2. The van der Waals surface area contributed by atoms with Crippen molar-refractivity contribution < 1.29 is 18.3 Å². The van der Waals surface area contributed by atoms with Crippen LogP contribution in [-0.4, -0.2) is 13.2 Å². The number of alkyl halides is 2. The smallest absolute Gasteiger partial charge is 0.387 e. The number of benzene rings is 2. The molecule has 1 aliphatic rings. The Bertz CT molecular complexity index is 610. The van der Waals surface area contributed by atoms with Crippen LogP contribution in [0, 0.1) is 12.0 Å². The summed E-state index contributed by atoms with van der Waals surface area (Å²) in [4.78, 5) is 0. The van der Waals surface area contributed by atoms with E-state index < -0.39 is 6.61 Å². The predicted octanol–water partition coefficient (Wildman–Crippen LogP) is 4.47. The van der Waals surface area contributed by atoms with Crippen LogP contribution in [0.15, 0.2) is 42.5 Å². The first kappa shape index (κ1) is 14.8. The Balaban J connectivity index is 1.84. The molecule has 0 bridgehead atoms. The lowest BCUT2D eigenvalue weighted by atomic mass is 10.0. The standard InChI is InChI=1S/C18H17F2O2/c19-18(20)22-17-15(11-13-5-2-1-3-6-13)7-4-8-16(17)21-12-14-9-10-14/h1-7,14,18H,9-12H2. The van der Waals surface area contributed by atoms with E-state index in [1.54, 1.807) is 12.1 Å². The zero-order chi connectivity index (χ0) is 15.4. The van der Waals surface area contributed by atoms with Crippen LogP contribution >= 0.6 is 0 Å². The molecule has 0 spiro atoms. The highest BCUT2D eigenvalue weighted by molar-refractivity contribution is 5.48. The number of rotatable bonds is 7. The van der Waals surface area contributed by atoms with Gasteiger partial charge in [0.15, 0.2) is 11.5 Å². The fraction of sp³-hybridized carbons (Fsp3) is 0.333. The van der Waals surface area contributed by atoms with Crippen LogP contribution in [0.4, 0.5) is 8.78 Å². The molecule has 2 aromatic carbocycles. The molecule has 0 aliphatic heterocycles. The van der Waals surface area contributed by atoms with E-state index in [1.807, 2.05) is 30.3 Å². The lowest BCUT2D eigenvalue weighted by molar-refractivity contribution is -0.0521. The minimum atomic E-state index is -2.88. The second-order valence-corrected chi connectivity index (χ2v) is 5.46. The third-order valence-electron chi connectivity index (χ3n) is 3.60. The summed E-state index contributed by atoms with van der Waals surface area (Å²) in [6.45, 7) is -2.35. The molecule has 22 heavy (non-hydrogen) atoms. The molecule has 0 N–H and O–H groups in total. The first-order chi connectivity index (χ1) is 10.7. The summed E-state index contributed by atoms with van der Waals surface area (Å²) >= 11 is 0. The van der Waals surface area contributed by atoms with E-state index in [0.717, 1.165) is 18.4 Å². The molecule has 0 amide bonds. The van der Waals surface area contributed by atoms with Gasteiger partial charge in [-0.15, -0.1) is 0 Å². The highest BCUT2D eigenvalue weighted by Crippen LogP contribution is 2.36. The van der Waals surface area contributed by atoms with Gasteiger partial charge in [0.05, 0.1) is 6.61 Å². The lowest BCUT2D eigenvalue weighted by Gasteiger charge is -2.15. The van der Waals surface area contributed by atoms with Gasteiger partial charge in [0, 0.05) is 18.1 Å². The molecule has 0 saturated heterocycles. The Labute approximate surface area is 128 Å². The van der Waals surface area contributed by atoms with Crippen molar-refractivity contribution in [3.05, 3.63) is 59.7 Å². The summed E-state index contributed by atoms with van der Waals surface area (Å²) in [7, 11) is 0. The maximum Gasteiger partial charge on any atom is 0.387 e. The minimum absolute atomic E-state index is 0.0991. The van der Waals surface area contributed by atoms with Gasteiger partial charge in [-0.2, -0.15) is 8.78 Å². The Morgan fingerprint density at radius 2 is 1.91 bits per heavy atom. The van der Waals surface area contributed by atoms with Crippen molar-refractivity contribution >= 4 is 0 Å². The van der Waals surface area contributed by atoms with Crippen LogP contribution < -0.4 is 9.47 Å². The fourth-order valence-corrected chi connectivity index (χ4v) is 2.27. The molecule has 0 aromatic heterocycles. The van der Waals surface area contributed by atoms with Gasteiger partial charge in [-0.3, -0.25) is 0 Å². The monoisotopic (exact) mass is 303 g/mol. The van der Waals surface area contributed by atoms with E-state index >= 15 is 0 Å². The highest BCUT2D eigenvalue weighted by atomic mass is 19.3. The van der Waals surface area contributed by atoms with Crippen LogP contribution in [0.5, 0.6) is 11.5 Å². The minimum Gasteiger partial charge on any atom is -0.489 e. The van der Waals surface area contributed by atoms with Crippen molar-refractivity contribution in [3.8, 4) is 11.5 Å². The zero-order valence-electron chi connectivity index (χ0n) is 12.1. The lowest BCUT2D eigenvalue weighted by Crippen LogP contribution is -2.08. The molecule has 1 fully saturated rings. The third-order valence-corrected chi connectivity index (χ3v) is 3.60. The molecule has 1 saturated carbocycles. The van der Waals surface area contributed by atoms with Gasteiger partial charge >= 0.3 is 6.61 Å². The van der Waals surface area contributed by atoms with Crippen molar-refractivity contribution in [2.24, 2.45) is 5.92 Å². The summed E-state index contributed by atoms with van der Waals surface area (Å²) in [6.07, 6.45) is 2.78. The molecule has 0 unspecified atom stereocenters. The largest absolute Gasteiger partial charge is 0.489 e. The molecule has 0 heterocycles. The Hall–Kier alpha value is -2.10. The summed E-state index contributed by atoms with van der Waals surface area (Å²) in [5.41, 5.74) is 1.71. The summed E-state index contributed by atoms with van der Waals surface area (Å²) in [6, 6.07) is 16.0. The number of hydrogen-bond acceptors (Lipinski definition) is 2. The summed E-state index contributed by atoms with van der Waals surface area (Å²) in [5, 5.41) is 0. The molecule has 115 valence electrons. The van der Waals surface area contributed by atoms with Crippen molar-refractivity contribution in [1.29, 1.82) is 0 Å². The molecular weight excluding hydrogens is 286 g/mol. The zero-order valence-corrected chi connectivity index (χ0v) is 12.1. The second-order valence-electron chi connectivity index (χ2n) is 5.46. The maximum atomic E-state index is 12.7. The van der Waals surface area contributed by atoms with Gasteiger partial charge in [0.2, 0.25) is 0 Å². The van der Waals surface area contributed by atoms with Gasteiger partial charge in [-0.05, 0) is 30.4 Å². The predicted molar refractivity (Wildman–Crippen MR) is 79.4 cm³/mol. The van der Waals surface area contributed by atoms with Crippen LogP contribution in [0.2, 0.25) is 0 Å². The van der Waals surface area contributed by atoms with Crippen LogP contribution in [0.1, 0.15) is 24.0 Å². The van der Waals surface area contributed by atoms with Crippen LogP contribution in [0.3, 0.4) is 0 Å². The van der Waals surface area contributed by atoms with Gasteiger partial charge in [-0.25, -0.2) is 0 Å². The number of ether oxygens (including phenoxy) is 2. The topological polar surface area (TPSA) is 18.5 Å². The van der Waals surface area contributed by atoms with Crippen LogP contribution in [0.25, 0.3) is 0 Å². The van der Waals surface area contributed by atoms with Crippen molar-refractivity contribution in [1.82, 2.24) is 0 Å².